The van der Waals surface area contributed by atoms with Crippen molar-refractivity contribution in [3.63, 3.8) is 0 Å². The molecule has 0 aliphatic carbocycles. The highest BCUT2D eigenvalue weighted by Gasteiger charge is 2.70. The molecule has 4 fully saturated rings. The Hall–Kier alpha value is -1.57. The number of allylic oxidation sites excluding steroid dienone is 1. The first-order valence-corrected chi connectivity index (χ1v) is 9.56. The molecule has 0 aromatic heterocycles. The number of methoxy groups -OCH3 is 1. The van der Waals surface area contributed by atoms with Gasteiger partial charge in [-0.1, -0.05) is 6.92 Å². The number of hydroxylamine groups is 3. The average molecular weight is 363 g/mol. The van der Waals surface area contributed by atoms with Crippen LogP contribution < -0.4 is 0 Å². The molecule has 0 aromatic rings. The first-order chi connectivity index (χ1) is 12.4. The first-order valence-electron chi connectivity index (χ1n) is 9.56. The number of rotatable bonds is 1. The van der Waals surface area contributed by atoms with Gasteiger partial charge in [-0.05, 0) is 19.8 Å². The maximum absolute atomic E-state index is 13.6. The molecule has 7 heteroatoms. The molecule has 5 aliphatic heterocycles. The maximum Gasteiger partial charge on any atom is 0.343 e. The molecule has 0 radical (unpaired) electrons. The fourth-order valence-electron chi connectivity index (χ4n) is 5.91. The highest BCUT2D eigenvalue weighted by molar-refractivity contribution is 5.93. The number of carbonyl (C=O) groups excluding carboxylic acids is 1. The second-order valence-electron chi connectivity index (χ2n) is 8.26. The minimum absolute atomic E-state index is 0.0204. The number of quaternary nitrogens is 1. The summed E-state index contributed by atoms with van der Waals surface area (Å²) in [5.74, 6) is 0.106. The number of piperidine rings is 1. The number of cyclic esters (lactones) is 1. The first kappa shape index (κ1) is 16.6. The van der Waals surface area contributed by atoms with Gasteiger partial charge in [-0.2, -0.15) is 0 Å². The van der Waals surface area contributed by atoms with Crippen molar-refractivity contribution >= 4 is 5.97 Å². The van der Waals surface area contributed by atoms with Gasteiger partial charge in [0.05, 0.1) is 31.7 Å². The minimum Gasteiger partial charge on any atom is -0.633 e. The Labute approximate surface area is 152 Å². The van der Waals surface area contributed by atoms with Crippen molar-refractivity contribution in [2.24, 2.45) is 11.8 Å². The summed E-state index contributed by atoms with van der Waals surface area (Å²) < 4.78 is 23.6. The Morgan fingerprint density at radius 3 is 2.85 bits per heavy atom. The maximum atomic E-state index is 13.6. The van der Waals surface area contributed by atoms with Gasteiger partial charge >= 0.3 is 5.97 Å². The molecule has 26 heavy (non-hydrogen) atoms. The Bertz CT molecular complexity index is 744. The summed E-state index contributed by atoms with van der Waals surface area (Å²) in [6.07, 6.45) is 3.27. The number of ether oxygens (including phenoxy) is 4. The summed E-state index contributed by atoms with van der Waals surface area (Å²) in [5.41, 5.74) is 0.439. The van der Waals surface area contributed by atoms with Gasteiger partial charge < -0.3 is 28.8 Å². The van der Waals surface area contributed by atoms with Crippen LogP contribution in [-0.4, -0.2) is 48.7 Å². The molecular formula is C19H25NO6. The molecule has 0 N–H and O–H groups in total. The van der Waals surface area contributed by atoms with Gasteiger partial charge in [0.15, 0.2) is 5.76 Å². The zero-order valence-corrected chi connectivity index (χ0v) is 15.4. The van der Waals surface area contributed by atoms with E-state index in [0.29, 0.717) is 42.4 Å². The van der Waals surface area contributed by atoms with Crippen LogP contribution >= 0.6 is 0 Å². The Balaban J connectivity index is 1.61. The molecule has 5 rings (SSSR count). The zero-order chi connectivity index (χ0) is 18.3. The third-order valence-electron chi connectivity index (χ3n) is 6.95. The molecule has 0 spiro atoms. The third-order valence-corrected chi connectivity index (χ3v) is 6.95. The van der Waals surface area contributed by atoms with E-state index in [1.54, 1.807) is 6.92 Å². The van der Waals surface area contributed by atoms with Gasteiger partial charge in [-0.15, -0.1) is 0 Å². The van der Waals surface area contributed by atoms with Crippen molar-refractivity contribution in [2.45, 2.75) is 57.5 Å². The lowest BCUT2D eigenvalue weighted by atomic mass is 9.79. The van der Waals surface area contributed by atoms with Crippen LogP contribution in [0.1, 0.15) is 39.5 Å². The second kappa shape index (κ2) is 5.24. The van der Waals surface area contributed by atoms with Gasteiger partial charge in [-0.3, -0.25) is 0 Å². The fraction of sp³-hybridized carbons (Fsp3) is 0.737. The van der Waals surface area contributed by atoms with E-state index >= 15 is 0 Å². The molecule has 0 amide bonds. The average Bonchev–Trinajstić information content (AvgIpc) is 3.13. The van der Waals surface area contributed by atoms with Gasteiger partial charge in [0.1, 0.15) is 17.9 Å². The van der Waals surface area contributed by atoms with E-state index in [0.717, 1.165) is 19.3 Å². The quantitative estimate of drug-likeness (QED) is 0.404. The normalized spacial score (nSPS) is 49.6. The molecule has 142 valence electrons. The largest absolute Gasteiger partial charge is 0.633 e. The predicted molar refractivity (Wildman–Crippen MR) is 89.8 cm³/mol. The van der Waals surface area contributed by atoms with Gasteiger partial charge in [0, 0.05) is 18.8 Å². The molecule has 7 nitrogen and oxygen atoms in total. The molecule has 5 aliphatic rings. The second-order valence-corrected chi connectivity index (χ2v) is 8.26. The fourth-order valence-corrected chi connectivity index (χ4v) is 5.91. The van der Waals surface area contributed by atoms with Gasteiger partial charge in [0.2, 0.25) is 11.5 Å². The zero-order valence-electron chi connectivity index (χ0n) is 15.4. The van der Waals surface area contributed by atoms with Crippen LogP contribution in [0.25, 0.3) is 0 Å². The van der Waals surface area contributed by atoms with Crippen LogP contribution in [-0.2, 0) is 23.7 Å². The summed E-state index contributed by atoms with van der Waals surface area (Å²) in [6.45, 7) is 5.04. The standard InChI is InChI=1S/C19H25NO6/c1-10-13-14-12-6-4-8-20(14,22)9-5-7-19(13,25-12)26-16(10)17-15(23-3)11(2)18(21)24-17/h10,12-14H,4-9H2,1-3H3/b17-16-/t10-,12-,13+,14-,19+,20?/m0/s1. The smallest absolute Gasteiger partial charge is 0.343 e. The summed E-state index contributed by atoms with van der Waals surface area (Å²) in [5, 5.41) is 13.6. The van der Waals surface area contributed by atoms with Gasteiger partial charge in [-0.25, -0.2) is 4.79 Å². The van der Waals surface area contributed by atoms with Crippen molar-refractivity contribution in [1.82, 2.24) is 0 Å². The number of nitrogens with zero attached hydrogens (tertiary/aromatic N) is 1. The van der Waals surface area contributed by atoms with E-state index in [1.165, 1.54) is 7.11 Å². The van der Waals surface area contributed by atoms with Crippen molar-refractivity contribution in [3.05, 3.63) is 28.1 Å². The molecule has 6 atom stereocenters. The third kappa shape index (κ3) is 1.91. The highest BCUT2D eigenvalue weighted by Crippen LogP contribution is 2.60. The van der Waals surface area contributed by atoms with Crippen molar-refractivity contribution in [2.75, 3.05) is 20.2 Å². The van der Waals surface area contributed by atoms with E-state index in [2.05, 4.69) is 6.92 Å². The van der Waals surface area contributed by atoms with Crippen LogP contribution in [0.2, 0.25) is 0 Å². The lowest BCUT2D eigenvalue weighted by Crippen LogP contribution is -2.60. The van der Waals surface area contributed by atoms with E-state index in [1.807, 2.05) is 0 Å². The Morgan fingerprint density at radius 1 is 1.31 bits per heavy atom. The summed E-state index contributed by atoms with van der Waals surface area (Å²) in [6, 6.07) is -0.104. The molecule has 2 bridgehead atoms. The van der Waals surface area contributed by atoms with Crippen LogP contribution in [0.4, 0.5) is 0 Å². The van der Waals surface area contributed by atoms with E-state index in [9.17, 15) is 10.0 Å². The lowest BCUT2D eigenvalue weighted by molar-refractivity contribution is -0.915. The Morgan fingerprint density at radius 2 is 2.08 bits per heavy atom. The summed E-state index contributed by atoms with van der Waals surface area (Å²) in [4.78, 5) is 12.0. The van der Waals surface area contributed by atoms with Crippen LogP contribution in [0.5, 0.6) is 0 Å². The number of esters is 1. The number of hydrogen-bond acceptors (Lipinski definition) is 6. The highest BCUT2D eigenvalue weighted by atomic mass is 16.7. The van der Waals surface area contributed by atoms with Gasteiger partial charge in [0.25, 0.3) is 0 Å². The minimum atomic E-state index is -0.770. The van der Waals surface area contributed by atoms with Crippen molar-refractivity contribution in [1.29, 1.82) is 0 Å². The summed E-state index contributed by atoms with van der Waals surface area (Å²) >= 11 is 0. The molecule has 4 saturated heterocycles. The molecule has 0 aromatic carbocycles. The van der Waals surface area contributed by atoms with Crippen LogP contribution in [0.3, 0.4) is 0 Å². The predicted octanol–water partition coefficient (Wildman–Crippen LogP) is 2.32. The SMILES string of the molecule is COC1=C(C)C(=O)O/C1=C1\O[C@@]23CCC[N+]4([O-])CCC[C@H](O2)[C@H]4[C@H]3[C@@H]1C. The van der Waals surface area contributed by atoms with Crippen molar-refractivity contribution in [3.8, 4) is 0 Å². The van der Waals surface area contributed by atoms with Crippen LogP contribution in [0.15, 0.2) is 22.9 Å². The molecule has 0 saturated carbocycles. The van der Waals surface area contributed by atoms with E-state index < -0.39 is 11.8 Å². The number of carbonyl (C=O) groups is 1. The number of hydrogen-bond donors (Lipinski definition) is 0. The Kier molecular flexibility index (Phi) is 3.34. The monoisotopic (exact) mass is 363 g/mol. The molecular weight excluding hydrogens is 338 g/mol. The topological polar surface area (TPSA) is 77.1 Å². The van der Waals surface area contributed by atoms with Crippen molar-refractivity contribution < 1.29 is 28.4 Å². The molecule has 5 heterocycles. The molecule has 1 unspecified atom stereocenters. The van der Waals surface area contributed by atoms with E-state index in [-0.39, 0.29) is 28.6 Å². The summed E-state index contributed by atoms with van der Waals surface area (Å²) in [7, 11) is 1.52. The van der Waals surface area contributed by atoms with E-state index in [4.69, 9.17) is 18.9 Å². The lowest BCUT2D eigenvalue weighted by Gasteiger charge is -2.53. The van der Waals surface area contributed by atoms with Crippen LogP contribution in [0, 0.1) is 17.0 Å².